The molecule has 0 aliphatic carbocycles. The number of halogens is 3. The molecule has 0 atom stereocenters. The van der Waals surface area contributed by atoms with Crippen LogP contribution in [-0.2, 0) is 6.18 Å². The van der Waals surface area contributed by atoms with Gasteiger partial charge >= 0.3 is 6.18 Å². The SMILES string of the molecule is COc1ccc(-c2ccccc2C(F)(F)F)cn1. The molecule has 94 valence electrons. The topological polar surface area (TPSA) is 22.1 Å². The number of methoxy groups -OCH3 is 1. The lowest BCUT2D eigenvalue weighted by Gasteiger charge is -2.12. The lowest BCUT2D eigenvalue weighted by Crippen LogP contribution is -2.06. The summed E-state index contributed by atoms with van der Waals surface area (Å²) in [6.45, 7) is 0. The van der Waals surface area contributed by atoms with Crippen LogP contribution in [-0.4, -0.2) is 12.1 Å². The van der Waals surface area contributed by atoms with Gasteiger partial charge in [0.05, 0.1) is 12.7 Å². The first kappa shape index (κ1) is 12.4. The van der Waals surface area contributed by atoms with E-state index in [0.29, 0.717) is 11.4 Å². The largest absolute Gasteiger partial charge is 0.481 e. The van der Waals surface area contributed by atoms with E-state index in [1.54, 1.807) is 12.1 Å². The zero-order valence-electron chi connectivity index (χ0n) is 9.53. The summed E-state index contributed by atoms with van der Waals surface area (Å²) in [4.78, 5) is 3.91. The van der Waals surface area contributed by atoms with Gasteiger partial charge in [0.15, 0.2) is 0 Å². The summed E-state index contributed by atoms with van der Waals surface area (Å²) in [6, 6.07) is 8.49. The highest BCUT2D eigenvalue weighted by molar-refractivity contribution is 5.67. The van der Waals surface area contributed by atoms with Gasteiger partial charge in [0.2, 0.25) is 5.88 Å². The highest BCUT2D eigenvalue weighted by Gasteiger charge is 2.33. The lowest BCUT2D eigenvalue weighted by molar-refractivity contribution is -0.137. The van der Waals surface area contributed by atoms with Crippen molar-refractivity contribution in [1.82, 2.24) is 4.98 Å². The molecule has 2 rings (SSSR count). The summed E-state index contributed by atoms with van der Waals surface area (Å²) in [7, 11) is 1.45. The van der Waals surface area contributed by atoms with Gasteiger partial charge in [-0.1, -0.05) is 18.2 Å². The Morgan fingerprint density at radius 1 is 1.06 bits per heavy atom. The summed E-state index contributed by atoms with van der Waals surface area (Å²) < 4.78 is 43.4. The van der Waals surface area contributed by atoms with Crippen LogP contribution in [0.3, 0.4) is 0 Å². The molecule has 2 aromatic rings. The fourth-order valence-corrected chi connectivity index (χ4v) is 1.64. The van der Waals surface area contributed by atoms with Crippen LogP contribution in [0.25, 0.3) is 11.1 Å². The maximum atomic E-state index is 12.8. The Kier molecular flexibility index (Phi) is 3.23. The van der Waals surface area contributed by atoms with Crippen molar-refractivity contribution >= 4 is 0 Å². The molecule has 0 fully saturated rings. The van der Waals surface area contributed by atoms with Crippen LogP contribution >= 0.6 is 0 Å². The molecule has 2 nitrogen and oxygen atoms in total. The van der Waals surface area contributed by atoms with Gasteiger partial charge in [-0.15, -0.1) is 0 Å². The normalized spacial score (nSPS) is 11.3. The second-order valence-electron chi connectivity index (χ2n) is 3.63. The molecular formula is C13H10F3NO. The summed E-state index contributed by atoms with van der Waals surface area (Å²) in [6.07, 6.45) is -3.01. The van der Waals surface area contributed by atoms with Gasteiger partial charge in [-0.3, -0.25) is 0 Å². The van der Waals surface area contributed by atoms with Gasteiger partial charge in [-0.05, 0) is 17.7 Å². The Balaban J connectivity index is 2.50. The van der Waals surface area contributed by atoms with Gasteiger partial charge < -0.3 is 4.74 Å². The van der Waals surface area contributed by atoms with E-state index in [0.717, 1.165) is 6.07 Å². The van der Waals surface area contributed by atoms with E-state index in [4.69, 9.17) is 4.74 Å². The average molecular weight is 253 g/mol. The van der Waals surface area contributed by atoms with Crippen LogP contribution in [0.15, 0.2) is 42.6 Å². The standard InChI is InChI=1S/C13H10F3NO/c1-18-12-7-6-9(8-17-12)10-4-2-3-5-11(10)13(14,15)16/h2-8H,1H3. The van der Waals surface area contributed by atoms with Crippen LogP contribution in [0.4, 0.5) is 13.2 Å². The van der Waals surface area contributed by atoms with Crippen LogP contribution < -0.4 is 4.74 Å². The number of rotatable bonds is 2. The minimum Gasteiger partial charge on any atom is -0.481 e. The molecule has 0 spiro atoms. The molecule has 0 radical (unpaired) electrons. The number of hydrogen-bond acceptors (Lipinski definition) is 2. The predicted molar refractivity (Wildman–Crippen MR) is 61.2 cm³/mol. The smallest absolute Gasteiger partial charge is 0.417 e. The molecule has 0 amide bonds. The van der Waals surface area contributed by atoms with E-state index in [9.17, 15) is 13.2 Å². The van der Waals surface area contributed by atoms with E-state index in [2.05, 4.69) is 4.98 Å². The van der Waals surface area contributed by atoms with Gasteiger partial charge in [0.25, 0.3) is 0 Å². The fraction of sp³-hybridized carbons (Fsp3) is 0.154. The first-order chi connectivity index (χ1) is 8.52. The molecule has 0 saturated carbocycles. The Morgan fingerprint density at radius 3 is 2.33 bits per heavy atom. The second-order valence-corrected chi connectivity index (χ2v) is 3.63. The predicted octanol–water partition coefficient (Wildman–Crippen LogP) is 3.78. The first-order valence-electron chi connectivity index (χ1n) is 5.19. The lowest BCUT2D eigenvalue weighted by atomic mass is 10.0. The Morgan fingerprint density at radius 2 is 1.78 bits per heavy atom. The van der Waals surface area contributed by atoms with Gasteiger partial charge in [0.1, 0.15) is 0 Å². The van der Waals surface area contributed by atoms with Crippen molar-refractivity contribution in [2.45, 2.75) is 6.18 Å². The molecule has 1 heterocycles. The first-order valence-corrected chi connectivity index (χ1v) is 5.19. The Hall–Kier alpha value is -2.04. The Bertz CT molecular complexity index is 535. The maximum absolute atomic E-state index is 12.8. The maximum Gasteiger partial charge on any atom is 0.417 e. The van der Waals surface area contributed by atoms with Crippen LogP contribution in [0.1, 0.15) is 5.56 Å². The van der Waals surface area contributed by atoms with Crippen molar-refractivity contribution in [1.29, 1.82) is 0 Å². The van der Waals surface area contributed by atoms with Crippen molar-refractivity contribution in [3.05, 3.63) is 48.2 Å². The van der Waals surface area contributed by atoms with Crippen molar-refractivity contribution in [2.24, 2.45) is 0 Å². The highest BCUT2D eigenvalue weighted by Crippen LogP contribution is 2.36. The molecular weight excluding hydrogens is 243 g/mol. The number of aromatic nitrogens is 1. The summed E-state index contributed by atoms with van der Waals surface area (Å²) in [5.74, 6) is 0.364. The van der Waals surface area contributed by atoms with Crippen molar-refractivity contribution in [3.8, 4) is 17.0 Å². The minimum atomic E-state index is -4.38. The van der Waals surface area contributed by atoms with Crippen LogP contribution in [0.2, 0.25) is 0 Å². The van der Waals surface area contributed by atoms with Crippen molar-refractivity contribution in [2.75, 3.05) is 7.11 Å². The van der Waals surface area contributed by atoms with E-state index in [-0.39, 0.29) is 5.56 Å². The van der Waals surface area contributed by atoms with Crippen molar-refractivity contribution < 1.29 is 17.9 Å². The quantitative estimate of drug-likeness (QED) is 0.812. The fourth-order valence-electron chi connectivity index (χ4n) is 1.64. The number of alkyl halides is 3. The monoisotopic (exact) mass is 253 g/mol. The molecule has 0 aliphatic rings. The van der Waals surface area contributed by atoms with E-state index in [1.165, 1.54) is 31.5 Å². The molecule has 0 aliphatic heterocycles. The molecule has 0 bridgehead atoms. The third-order valence-corrected chi connectivity index (χ3v) is 2.49. The molecule has 1 aromatic heterocycles. The summed E-state index contributed by atoms with van der Waals surface area (Å²) in [5, 5.41) is 0. The zero-order valence-corrected chi connectivity index (χ0v) is 9.53. The van der Waals surface area contributed by atoms with E-state index in [1.807, 2.05) is 0 Å². The average Bonchev–Trinajstić information content (AvgIpc) is 2.38. The molecule has 0 unspecified atom stereocenters. The number of ether oxygens (including phenoxy) is 1. The molecule has 1 aromatic carbocycles. The highest BCUT2D eigenvalue weighted by atomic mass is 19.4. The van der Waals surface area contributed by atoms with Gasteiger partial charge in [-0.2, -0.15) is 13.2 Å². The van der Waals surface area contributed by atoms with Crippen molar-refractivity contribution in [3.63, 3.8) is 0 Å². The minimum absolute atomic E-state index is 0.111. The third kappa shape index (κ3) is 2.45. The molecule has 0 saturated heterocycles. The van der Waals surface area contributed by atoms with Crippen LogP contribution in [0, 0.1) is 0 Å². The molecule has 18 heavy (non-hydrogen) atoms. The number of nitrogens with zero attached hydrogens (tertiary/aromatic N) is 1. The molecule has 5 heteroatoms. The third-order valence-electron chi connectivity index (χ3n) is 2.49. The van der Waals surface area contributed by atoms with Gasteiger partial charge in [-0.25, -0.2) is 4.98 Å². The summed E-state index contributed by atoms with van der Waals surface area (Å²) >= 11 is 0. The Labute approximate surface area is 102 Å². The van der Waals surface area contributed by atoms with E-state index < -0.39 is 11.7 Å². The van der Waals surface area contributed by atoms with Gasteiger partial charge in [0, 0.05) is 17.8 Å². The number of pyridine rings is 1. The summed E-state index contributed by atoms with van der Waals surface area (Å²) in [5.41, 5.74) is -0.152. The van der Waals surface area contributed by atoms with E-state index >= 15 is 0 Å². The second kappa shape index (κ2) is 4.68. The van der Waals surface area contributed by atoms with Crippen LogP contribution in [0.5, 0.6) is 5.88 Å². The number of hydrogen-bond donors (Lipinski definition) is 0. The number of benzene rings is 1. The molecule has 0 N–H and O–H groups in total. The zero-order chi connectivity index (χ0) is 13.2.